The lowest BCUT2D eigenvalue weighted by Gasteiger charge is -2.35. The van der Waals surface area contributed by atoms with E-state index >= 15 is 0 Å². The Hall–Kier alpha value is -0.960. The number of aliphatic hydroxyl groups is 1. The van der Waals surface area contributed by atoms with Gasteiger partial charge < -0.3 is 14.4 Å². The molecule has 0 aromatic carbocycles. The number of aliphatic hydroxyl groups excluding tert-OH is 1. The summed E-state index contributed by atoms with van der Waals surface area (Å²) in [5, 5.41) is 9.15. The van der Waals surface area contributed by atoms with Crippen molar-refractivity contribution in [2.45, 2.75) is 37.6 Å². The van der Waals surface area contributed by atoms with Crippen LogP contribution in [0.25, 0.3) is 0 Å². The molecule has 0 spiro atoms. The Balaban J connectivity index is 2.26. The zero-order valence-electron chi connectivity index (χ0n) is 11.1. The molecular formula is C11H19N3O4S. The van der Waals surface area contributed by atoms with Gasteiger partial charge in [-0.2, -0.15) is 4.31 Å². The topological polar surface area (TPSA) is 84.7 Å². The van der Waals surface area contributed by atoms with Gasteiger partial charge in [0.15, 0.2) is 5.03 Å². The van der Waals surface area contributed by atoms with Crippen molar-refractivity contribution in [3.05, 3.63) is 12.5 Å². The molecule has 0 bridgehead atoms. The maximum absolute atomic E-state index is 12.5. The number of hydrogen-bond acceptors (Lipinski definition) is 5. The predicted octanol–water partition coefficient (Wildman–Crippen LogP) is -0.327. The van der Waals surface area contributed by atoms with E-state index in [2.05, 4.69) is 4.98 Å². The molecule has 0 saturated carbocycles. The molecule has 1 saturated heterocycles. The van der Waals surface area contributed by atoms with E-state index in [0.29, 0.717) is 6.54 Å². The van der Waals surface area contributed by atoms with Crippen molar-refractivity contribution in [1.29, 1.82) is 0 Å². The van der Waals surface area contributed by atoms with Gasteiger partial charge in [0.25, 0.3) is 10.0 Å². The fourth-order valence-electron chi connectivity index (χ4n) is 2.00. The van der Waals surface area contributed by atoms with Crippen molar-refractivity contribution in [3.63, 3.8) is 0 Å². The van der Waals surface area contributed by atoms with Gasteiger partial charge in [-0.3, -0.25) is 0 Å². The van der Waals surface area contributed by atoms with Crippen LogP contribution in [0.5, 0.6) is 0 Å². The molecule has 1 aromatic heterocycles. The van der Waals surface area contributed by atoms with Crippen LogP contribution >= 0.6 is 0 Å². The standard InChI is InChI=1S/C11H19N3O4S/c1-3-13-5-11(12-8-13)19(16,17)14-4-10(6-15)18-7-9(14)2/h5,8-10,15H,3-4,6-7H2,1-2H3. The number of imidazole rings is 1. The van der Waals surface area contributed by atoms with Gasteiger partial charge in [-0.15, -0.1) is 0 Å². The zero-order valence-corrected chi connectivity index (χ0v) is 11.9. The maximum Gasteiger partial charge on any atom is 0.262 e. The van der Waals surface area contributed by atoms with Crippen LogP contribution in [0.3, 0.4) is 0 Å². The molecule has 0 aliphatic carbocycles. The van der Waals surface area contributed by atoms with Crippen LogP contribution in [0.15, 0.2) is 17.6 Å². The number of morpholine rings is 1. The second kappa shape index (κ2) is 5.58. The average Bonchev–Trinajstić information content (AvgIpc) is 2.88. The van der Waals surface area contributed by atoms with E-state index in [1.165, 1.54) is 16.8 Å². The third-order valence-corrected chi connectivity index (χ3v) is 5.07. The first-order valence-electron chi connectivity index (χ1n) is 6.25. The number of ether oxygens (including phenoxy) is 1. The molecule has 1 fully saturated rings. The van der Waals surface area contributed by atoms with Crippen molar-refractivity contribution in [2.75, 3.05) is 19.8 Å². The molecule has 2 unspecified atom stereocenters. The minimum absolute atomic E-state index is 0.0415. The van der Waals surface area contributed by atoms with Crippen LogP contribution in [-0.4, -0.2) is 59.3 Å². The monoisotopic (exact) mass is 289 g/mol. The molecule has 1 N–H and O–H groups in total. The van der Waals surface area contributed by atoms with E-state index in [-0.39, 0.29) is 30.8 Å². The van der Waals surface area contributed by atoms with Crippen molar-refractivity contribution in [1.82, 2.24) is 13.9 Å². The summed E-state index contributed by atoms with van der Waals surface area (Å²) in [6, 6.07) is -0.264. The van der Waals surface area contributed by atoms with Crippen LogP contribution in [0.2, 0.25) is 0 Å². The van der Waals surface area contributed by atoms with Gasteiger partial charge in [0.05, 0.1) is 25.6 Å². The van der Waals surface area contributed by atoms with Gasteiger partial charge >= 0.3 is 0 Å². The largest absolute Gasteiger partial charge is 0.394 e. The summed E-state index contributed by atoms with van der Waals surface area (Å²) in [4.78, 5) is 3.95. The number of nitrogens with zero attached hydrogens (tertiary/aromatic N) is 3. The lowest BCUT2D eigenvalue weighted by Crippen LogP contribution is -2.51. The Morgan fingerprint density at radius 1 is 1.58 bits per heavy atom. The quantitative estimate of drug-likeness (QED) is 0.820. The lowest BCUT2D eigenvalue weighted by atomic mass is 10.2. The second-order valence-corrected chi connectivity index (χ2v) is 6.44. The first-order chi connectivity index (χ1) is 8.98. The Labute approximate surface area is 112 Å². The van der Waals surface area contributed by atoms with E-state index in [9.17, 15) is 8.42 Å². The van der Waals surface area contributed by atoms with Gasteiger partial charge in [0, 0.05) is 25.3 Å². The highest BCUT2D eigenvalue weighted by molar-refractivity contribution is 7.89. The lowest BCUT2D eigenvalue weighted by molar-refractivity contribution is -0.0516. The third kappa shape index (κ3) is 2.81. The molecule has 1 aliphatic rings. The molecule has 108 valence electrons. The van der Waals surface area contributed by atoms with E-state index in [4.69, 9.17) is 9.84 Å². The van der Waals surface area contributed by atoms with Crippen molar-refractivity contribution in [2.24, 2.45) is 0 Å². The number of sulfonamides is 1. The molecule has 7 nitrogen and oxygen atoms in total. The van der Waals surface area contributed by atoms with E-state index in [0.717, 1.165) is 0 Å². The van der Waals surface area contributed by atoms with Gasteiger partial charge in [0.1, 0.15) is 0 Å². The fourth-order valence-corrected chi connectivity index (χ4v) is 3.59. The van der Waals surface area contributed by atoms with Crippen LogP contribution in [0, 0.1) is 0 Å². The van der Waals surface area contributed by atoms with Gasteiger partial charge in [0.2, 0.25) is 0 Å². The molecule has 0 amide bonds. The Kier molecular flexibility index (Phi) is 4.24. The first-order valence-corrected chi connectivity index (χ1v) is 7.69. The van der Waals surface area contributed by atoms with Crippen LogP contribution < -0.4 is 0 Å². The van der Waals surface area contributed by atoms with Crippen LogP contribution in [-0.2, 0) is 21.3 Å². The Morgan fingerprint density at radius 2 is 2.32 bits per heavy atom. The van der Waals surface area contributed by atoms with Crippen molar-refractivity contribution >= 4 is 10.0 Å². The highest BCUT2D eigenvalue weighted by Crippen LogP contribution is 2.21. The van der Waals surface area contributed by atoms with Gasteiger partial charge in [-0.05, 0) is 13.8 Å². The highest BCUT2D eigenvalue weighted by atomic mass is 32.2. The van der Waals surface area contributed by atoms with Crippen molar-refractivity contribution in [3.8, 4) is 0 Å². The van der Waals surface area contributed by atoms with Gasteiger partial charge in [-0.1, -0.05) is 0 Å². The van der Waals surface area contributed by atoms with Crippen molar-refractivity contribution < 1.29 is 18.3 Å². The molecular weight excluding hydrogens is 270 g/mol. The first kappa shape index (κ1) is 14.4. The molecule has 2 rings (SSSR count). The highest BCUT2D eigenvalue weighted by Gasteiger charge is 2.36. The number of aryl methyl sites for hydroxylation is 1. The minimum Gasteiger partial charge on any atom is -0.394 e. The zero-order chi connectivity index (χ0) is 14.0. The molecule has 1 aromatic rings. The molecule has 1 aliphatic heterocycles. The molecule has 2 heterocycles. The molecule has 0 radical (unpaired) electrons. The summed E-state index contributed by atoms with van der Waals surface area (Å²) in [6.07, 6.45) is 2.55. The molecule has 8 heteroatoms. The summed E-state index contributed by atoms with van der Waals surface area (Å²) in [7, 11) is -3.63. The molecule has 2 atom stereocenters. The van der Waals surface area contributed by atoms with Gasteiger partial charge in [-0.25, -0.2) is 13.4 Å². The maximum atomic E-state index is 12.5. The summed E-state index contributed by atoms with van der Waals surface area (Å²) < 4.78 is 33.4. The third-order valence-electron chi connectivity index (χ3n) is 3.20. The predicted molar refractivity (Wildman–Crippen MR) is 68.1 cm³/mol. The van der Waals surface area contributed by atoms with E-state index in [1.807, 2.05) is 6.92 Å². The average molecular weight is 289 g/mol. The number of rotatable bonds is 4. The number of hydrogen-bond donors (Lipinski definition) is 1. The fraction of sp³-hybridized carbons (Fsp3) is 0.727. The SMILES string of the molecule is CCn1cnc(S(=O)(=O)N2CC(CO)OCC2C)c1. The van der Waals surface area contributed by atoms with E-state index in [1.54, 1.807) is 11.5 Å². The van der Waals surface area contributed by atoms with Crippen LogP contribution in [0.4, 0.5) is 0 Å². The smallest absolute Gasteiger partial charge is 0.262 e. The molecule has 19 heavy (non-hydrogen) atoms. The Bertz CT molecular complexity index is 528. The minimum atomic E-state index is -3.63. The summed E-state index contributed by atoms with van der Waals surface area (Å²) in [5.41, 5.74) is 0. The van der Waals surface area contributed by atoms with E-state index < -0.39 is 16.1 Å². The summed E-state index contributed by atoms with van der Waals surface area (Å²) >= 11 is 0. The Morgan fingerprint density at radius 3 is 2.89 bits per heavy atom. The number of aromatic nitrogens is 2. The van der Waals surface area contributed by atoms with Crippen LogP contribution in [0.1, 0.15) is 13.8 Å². The summed E-state index contributed by atoms with van der Waals surface area (Å²) in [6.45, 7) is 4.60. The summed E-state index contributed by atoms with van der Waals surface area (Å²) in [5.74, 6) is 0. The normalized spacial score (nSPS) is 25.6. The second-order valence-electron chi connectivity index (χ2n) is 4.60.